The third-order valence-corrected chi connectivity index (χ3v) is 2.91. The molecule has 0 aliphatic heterocycles. The predicted octanol–water partition coefficient (Wildman–Crippen LogP) is 2.01. The van der Waals surface area contributed by atoms with E-state index in [4.69, 9.17) is 14.7 Å². The molecule has 1 aromatic carbocycles. The van der Waals surface area contributed by atoms with Gasteiger partial charge in [-0.25, -0.2) is 4.79 Å². The molecule has 0 aliphatic rings. The maximum absolute atomic E-state index is 12.0. The zero-order chi connectivity index (χ0) is 17.4. The van der Waals surface area contributed by atoms with Gasteiger partial charge < -0.3 is 14.4 Å². The van der Waals surface area contributed by atoms with Crippen LogP contribution in [0.3, 0.4) is 0 Å². The van der Waals surface area contributed by atoms with Crippen LogP contribution in [-0.4, -0.2) is 43.6 Å². The van der Waals surface area contributed by atoms with Gasteiger partial charge in [-0.15, -0.1) is 0 Å². The average Bonchev–Trinajstić information content (AvgIpc) is 2.53. The van der Waals surface area contributed by atoms with Crippen molar-refractivity contribution in [3.8, 4) is 11.8 Å². The molecule has 122 valence electrons. The van der Waals surface area contributed by atoms with Crippen LogP contribution in [0, 0.1) is 11.3 Å². The van der Waals surface area contributed by atoms with Crippen LogP contribution in [0.1, 0.15) is 19.4 Å². The van der Waals surface area contributed by atoms with Gasteiger partial charge in [-0.1, -0.05) is 12.1 Å². The van der Waals surface area contributed by atoms with Crippen molar-refractivity contribution >= 4 is 18.0 Å². The van der Waals surface area contributed by atoms with Gasteiger partial charge >= 0.3 is 5.97 Å². The van der Waals surface area contributed by atoms with Gasteiger partial charge in [-0.05, 0) is 37.6 Å². The lowest BCUT2D eigenvalue weighted by Gasteiger charge is -2.16. The van der Waals surface area contributed by atoms with Crippen molar-refractivity contribution in [1.29, 1.82) is 5.26 Å². The van der Waals surface area contributed by atoms with E-state index >= 15 is 0 Å². The standard InChI is InChI=1S/C17H20N2O4/c1-5-22-15-8-6-13(7-9-15)10-14(11-18)17(21)23-12(2)16(20)19(3)4/h6-10,12H,5H2,1-4H3/b14-10+/t12-/m0/s1. The number of amides is 1. The van der Waals surface area contributed by atoms with Crippen molar-refractivity contribution in [2.45, 2.75) is 20.0 Å². The minimum atomic E-state index is -0.949. The number of ether oxygens (including phenoxy) is 2. The number of benzene rings is 1. The summed E-state index contributed by atoms with van der Waals surface area (Å²) in [4.78, 5) is 25.0. The molecule has 23 heavy (non-hydrogen) atoms. The van der Waals surface area contributed by atoms with Crippen LogP contribution in [-0.2, 0) is 14.3 Å². The van der Waals surface area contributed by atoms with Crippen molar-refractivity contribution in [3.63, 3.8) is 0 Å². The maximum atomic E-state index is 12.0. The molecule has 0 fully saturated rings. The fourth-order valence-electron chi connectivity index (χ4n) is 1.77. The SMILES string of the molecule is CCOc1ccc(/C=C(\C#N)C(=O)O[C@@H](C)C(=O)N(C)C)cc1. The topological polar surface area (TPSA) is 79.6 Å². The molecule has 0 saturated heterocycles. The smallest absolute Gasteiger partial charge is 0.349 e. The fourth-order valence-corrected chi connectivity index (χ4v) is 1.77. The van der Waals surface area contributed by atoms with E-state index in [1.807, 2.05) is 6.92 Å². The van der Waals surface area contributed by atoms with Crippen molar-refractivity contribution in [2.24, 2.45) is 0 Å². The highest BCUT2D eigenvalue weighted by molar-refractivity contribution is 5.99. The molecule has 6 heteroatoms. The molecule has 6 nitrogen and oxygen atoms in total. The number of hydrogen-bond donors (Lipinski definition) is 0. The van der Waals surface area contributed by atoms with Gasteiger partial charge in [0.25, 0.3) is 5.91 Å². The lowest BCUT2D eigenvalue weighted by molar-refractivity contribution is -0.154. The Bertz CT molecular complexity index is 627. The van der Waals surface area contributed by atoms with Gasteiger partial charge in [0, 0.05) is 14.1 Å². The van der Waals surface area contributed by atoms with Crippen LogP contribution in [0.5, 0.6) is 5.75 Å². The number of esters is 1. The second-order valence-corrected chi connectivity index (χ2v) is 4.95. The van der Waals surface area contributed by atoms with Crippen molar-refractivity contribution in [3.05, 3.63) is 35.4 Å². The Labute approximate surface area is 135 Å². The van der Waals surface area contributed by atoms with Crippen LogP contribution in [0.2, 0.25) is 0 Å². The Balaban J connectivity index is 2.84. The molecular weight excluding hydrogens is 296 g/mol. The van der Waals surface area contributed by atoms with Crippen LogP contribution in [0.15, 0.2) is 29.8 Å². The van der Waals surface area contributed by atoms with E-state index < -0.39 is 12.1 Å². The molecule has 0 saturated carbocycles. The molecule has 1 rings (SSSR count). The van der Waals surface area contributed by atoms with E-state index in [1.54, 1.807) is 44.4 Å². The summed E-state index contributed by atoms with van der Waals surface area (Å²) in [5, 5.41) is 9.12. The van der Waals surface area contributed by atoms with Gasteiger partial charge in [0.2, 0.25) is 0 Å². The van der Waals surface area contributed by atoms with Gasteiger partial charge in [0.05, 0.1) is 6.61 Å². The third-order valence-electron chi connectivity index (χ3n) is 2.91. The largest absolute Gasteiger partial charge is 0.494 e. The third kappa shape index (κ3) is 5.47. The summed E-state index contributed by atoms with van der Waals surface area (Å²) < 4.78 is 10.3. The summed E-state index contributed by atoms with van der Waals surface area (Å²) in [5.41, 5.74) is 0.487. The summed E-state index contributed by atoms with van der Waals surface area (Å²) in [6.07, 6.45) is 0.458. The molecule has 0 heterocycles. The van der Waals surface area contributed by atoms with Crippen LogP contribution >= 0.6 is 0 Å². The quantitative estimate of drug-likeness (QED) is 0.456. The molecule has 0 bridgehead atoms. The highest BCUT2D eigenvalue weighted by Crippen LogP contribution is 2.15. The monoisotopic (exact) mass is 316 g/mol. The number of carbonyl (C=O) groups is 2. The normalized spacial score (nSPS) is 12.0. The molecule has 1 amide bonds. The number of carbonyl (C=O) groups excluding carboxylic acids is 2. The second-order valence-electron chi connectivity index (χ2n) is 4.95. The average molecular weight is 316 g/mol. The Morgan fingerprint density at radius 3 is 2.39 bits per heavy atom. The molecule has 1 aromatic rings. The number of nitriles is 1. The van der Waals surface area contributed by atoms with E-state index in [-0.39, 0.29) is 11.5 Å². The van der Waals surface area contributed by atoms with E-state index in [9.17, 15) is 9.59 Å². The molecule has 0 aromatic heterocycles. The minimum Gasteiger partial charge on any atom is -0.494 e. The first kappa shape index (κ1) is 18.2. The number of hydrogen-bond acceptors (Lipinski definition) is 5. The zero-order valence-corrected chi connectivity index (χ0v) is 13.7. The zero-order valence-electron chi connectivity index (χ0n) is 13.7. The number of rotatable bonds is 6. The highest BCUT2D eigenvalue weighted by Gasteiger charge is 2.21. The highest BCUT2D eigenvalue weighted by atomic mass is 16.5. The lowest BCUT2D eigenvalue weighted by Crippen LogP contribution is -2.35. The van der Waals surface area contributed by atoms with Crippen LogP contribution in [0.25, 0.3) is 6.08 Å². The van der Waals surface area contributed by atoms with Crippen LogP contribution in [0.4, 0.5) is 0 Å². The molecule has 0 unspecified atom stereocenters. The summed E-state index contributed by atoms with van der Waals surface area (Å²) in [6, 6.07) is 8.73. The second kappa shape index (κ2) is 8.59. The van der Waals surface area contributed by atoms with E-state index in [0.717, 1.165) is 0 Å². The van der Waals surface area contributed by atoms with Gasteiger partial charge in [-0.3, -0.25) is 4.79 Å². The number of likely N-dealkylation sites (N-methyl/N-ethyl adjacent to an activating group) is 1. The molecule has 0 spiro atoms. The van der Waals surface area contributed by atoms with Gasteiger partial charge in [0.15, 0.2) is 6.10 Å². The van der Waals surface area contributed by atoms with Crippen LogP contribution < -0.4 is 4.74 Å². The molecule has 0 aliphatic carbocycles. The van der Waals surface area contributed by atoms with Crippen molar-refractivity contribution in [1.82, 2.24) is 4.90 Å². The first-order valence-corrected chi connectivity index (χ1v) is 7.15. The Morgan fingerprint density at radius 1 is 1.30 bits per heavy atom. The predicted molar refractivity (Wildman–Crippen MR) is 85.4 cm³/mol. The summed E-state index contributed by atoms with van der Waals surface area (Å²) in [6.45, 7) is 3.91. The minimum absolute atomic E-state index is 0.174. The fraction of sp³-hybridized carbons (Fsp3) is 0.353. The first-order valence-electron chi connectivity index (χ1n) is 7.15. The van der Waals surface area contributed by atoms with E-state index in [0.29, 0.717) is 17.9 Å². The Morgan fingerprint density at radius 2 is 1.91 bits per heavy atom. The Hall–Kier alpha value is -2.81. The van der Waals surface area contributed by atoms with Gasteiger partial charge in [-0.2, -0.15) is 5.26 Å². The molecular formula is C17H20N2O4. The van der Waals surface area contributed by atoms with Crippen molar-refractivity contribution < 1.29 is 19.1 Å². The van der Waals surface area contributed by atoms with Crippen molar-refractivity contribution in [2.75, 3.05) is 20.7 Å². The summed E-state index contributed by atoms with van der Waals surface area (Å²) in [7, 11) is 3.13. The van der Waals surface area contributed by atoms with E-state index in [1.165, 1.54) is 17.9 Å². The number of nitrogens with zero attached hydrogens (tertiary/aromatic N) is 2. The molecule has 0 N–H and O–H groups in total. The molecule has 0 radical (unpaired) electrons. The summed E-state index contributed by atoms with van der Waals surface area (Å²) in [5.74, 6) is -0.475. The lowest BCUT2D eigenvalue weighted by atomic mass is 10.1. The molecule has 1 atom stereocenters. The van der Waals surface area contributed by atoms with E-state index in [2.05, 4.69) is 0 Å². The Kier molecular flexibility index (Phi) is 6.81. The summed E-state index contributed by atoms with van der Waals surface area (Å²) >= 11 is 0. The first-order chi connectivity index (χ1) is 10.9. The maximum Gasteiger partial charge on any atom is 0.349 e. The van der Waals surface area contributed by atoms with Gasteiger partial charge in [0.1, 0.15) is 17.4 Å².